The fourth-order valence-corrected chi connectivity index (χ4v) is 1.73. The van der Waals surface area contributed by atoms with Gasteiger partial charge in [0, 0.05) is 12.3 Å². The Labute approximate surface area is 108 Å². The number of ether oxygens (including phenoxy) is 1. The van der Waals surface area contributed by atoms with Crippen molar-refractivity contribution in [3.05, 3.63) is 28.8 Å². The van der Waals surface area contributed by atoms with Crippen molar-refractivity contribution in [2.75, 3.05) is 6.61 Å². The Morgan fingerprint density at radius 2 is 2.12 bits per heavy atom. The minimum atomic E-state index is 0.109. The average Bonchev–Trinajstić information content (AvgIpc) is 2.26. The molecule has 0 radical (unpaired) electrons. The van der Waals surface area contributed by atoms with Crippen LogP contribution in [0.2, 0.25) is 5.02 Å². The quantitative estimate of drug-likeness (QED) is 0.717. The maximum absolute atomic E-state index is 11.4. The number of hydrogen-bond acceptors (Lipinski definition) is 2. The fourth-order valence-electron chi connectivity index (χ4n) is 1.44. The summed E-state index contributed by atoms with van der Waals surface area (Å²) in [7, 11) is 0. The highest BCUT2D eigenvalue weighted by molar-refractivity contribution is 6.32. The second-order valence-corrected chi connectivity index (χ2v) is 4.91. The highest BCUT2D eigenvalue weighted by atomic mass is 35.5. The molecule has 17 heavy (non-hydrogen) atoms. The van der Waals surface area contributed by atoms with Gasteiger partial charge in [-0.15, -0.1) is 0 Å². The van der Waals surface area contributed by atoms with Crippen molar-refractivity contribution in [3.8, 4) is 5.75 Å². The third-order valence-electron chi connectivity index (χ3n) is 2.56. The number of carbonyl (C=O) groups is 1. The molecule has 0 unspecified atom stereocenters. The van der Waals surface area contributed by atoms with E-state index in [1.165, 1.54) is 0 Å². The number of ketones is 1. The van der Waals surface area contributed by atoms with E-state index in [1.807, 2.05) is 39.0 Å². The molecule has 0 heterocycles. The number of aryl methyl sites for hydroxylation is 1. The van der Waals surface area contributed by atoms with E-state index >= 15 is 0 Å². The number of carbonyl (C=O) groups excluding carboxylic acids is 1. The highest BCUT2D eigenvalue weighted by Gasteiger charge is 2.07. The summed E-state index contributed by atoms with van der Waals surface area (Å²) in [5.74, 6) is 1.08. The van der Waals surface area contributed by atoms with Crippen molar-refractivity contribution in [2.45, 2.75) is 33.6 Å². The molecule has 94 valence electrons. The van der Waals surface area contributed by atoms with Gasteiger partial charge in [0.2, 0.25) is 0 Å². The number of benzene rings is 1. The molecule has 0 bridgehead atoms. The average molecular weight is 255 g/mol. The Hall–Kier alpha value is -1.02. The summed E-state index contributed by atoms with van der Waals surface area (Å²) >= 11 is 6.03. The summed E-state index contributed by atoms with van der Waals surface area (Å²) in [5, 5.41) is 0.625. The molecule has 0 saturated heterocycles. The fraction of sp³-hybridized carbons (Fsp3) is 0.500. The third kappa shape index (κ3) is 4.78. The lowest BCUT2D eigenvalue weighted by Gasteiger charge is -2.09. The number of rotatable bonds is 6. The van der Waals surface area contributed by atoms with E-state index in [-0.39, 0.29) is 11.7 Å². The number of Topliss-reactive ketones (excluding diaryl/α,β-unsaturated/α-hetero) is 1. The summed E-state index contributed by atoms with van der Waals surface area (Å²) in [6, 6.07) is 5.69. The van der Waals surface area contributed by atoms with Gasteiger partial charge in [0.05, 0.1) is 11.6 Å². The van der Waals surface area contributed by atoms with Crippen LogP contribution in [0.1, 0.15) is 32.3 Å². The van der Waals surface area contributed by atoms with Crippen LogP contribution in [0.4, 0.5) is 0 Å². The number of halogens is 1. The molecule has 0 aliphatic rings. The van der Waals surface area contributed by atoms with E-state index in [4.69, 9.17) is 16.3 Å². The Morgan fingerprint density at radius 3 is 2.71 bits per heavy atom. The molecule has 0 aromatic heterocycles. The molecule has 0 saturated carbocycles. The standard InChI is InChI=1S/C14H19ClO2/c1-10(2)13(16)5-4-8-17-14-7-6-11(3)9-12(14)15/h6-7,9-10H,4-5,8H2,1-3H3. The molecule has 2 nitrogen and oxygen atoms in total. The molecule has 0 N–H and O–H groups in total. The zero-order valence-electron chi connectivity index (χ0n) is 10.6. The van der Waals surface area contributed by atoms with E-state index < -0.39 is 0 Å². The van der Waals surface area contributed by atoms with Gasteiger partial charge in [-0.3, -0.25) is 4.79 Å². The van der Waals surface area contributed by atoms with Gasteiger partial charge in [-0.2, -0.15) is 0 Å². The molecule has 0 atom stereocenters. The molecule has 1 aromatic carbocycles. The summed E-state index contributed by atoms with van der Waals surface area (Å²) < 4.78 is 5.54. The number of hydrogen-bond donors (Lipinski definition) is 0. The second-order valence-electron chi connectivity index (χ2n) is 4.51. The first kappa shape index (κ1) is 14.0. The largest absolute Gasteiger partial charge is 0.492 e. The third-order valence-corrected chi connectivity index (χ3v) is 2.85. The van der Waals surface area contributed by atoms with Crippen LogP contribution in [0.5, 0.6) is 5.75 Å². The van der Waals surface area contributed by atoms with Gasteiger partial charge >= 0.3 is 0 Å². The van der Waals surface area contributed by atoms with Crippen LogP contribution in [-0.2, 0) is 4.79 Å². The Balaban J connectivity index is 2.34. The Morgan fingerprint density at radius 1 is 1.41 bits per heavy atom. The summed E-state index contributed by atoms with van der Waals surface area (Å²) in [4.78, 5) is 11.4. The van der Waals surface area contributed by atoms with Crippen LogP contribution in [0.15, 0.2) is 18.2 Å². The lowest BCUT2D eigenvalue weighted by Crippen LogP contribution is -2.09. The van der Waals surface area contributed by atoms with Gasteiger partial charge < -0.3 is 4.74 Å². The highest BCUT2D eigenvalue weighted by Crippen LogP contribution is 2.25. The topological polar surface area (TPSA) is 26.3 Å². The summed E-state index contributed by atoms with van der Waals surface area (Å²) in [6.45, 7) is 6.35. The van der Waals surface area contributed by atoms with E-state index in [0.29, 0.717) is 23.8 Å². The van der Waals surface area contributed by atoms with Gasteiger partial charge in [0.25, 0.3) is 0 Å². The predicted molar refractivity (Wildman–Crippen MR) is 70.8 cm³/mol. The molecule has 1 aromatic rings. The van der Waals surface area contributed by atoms with Crippen LogP contribution in [-0.4, -0.2) is 12.4 Å². The zero-order valence-corrected chi connectivity index (χ0v) is 11.4. The lowest BCUT2D eigenvalue weighted by atomic mass is 10.1. The van der Waals surface area contributed by atoms with Gasteiger partial charge in [-0.1, -0.05) is 31.5 Å². The van der Waals surface area contributed by atoms with Crippen molar-refractivity contribution in [3.63, 3.8) is 0 Å². The molecule has 0 fully saturated rings. The molecule has 0 spiro atoms. The second kappa shape index (κ2) is 6.65. The SMILES string of the molecule is Cc1ccc(OCCCC(=O)C(C)C)c(Cl)c1. The van der Waals surface area contributed by atoms with Crippen molar-refractivity contribution in [2.24, 2.45) is 5.92 Å². The molecule has 3 heteroatoms. The molecule has 0 aliphatic carbocycles. The monoisotopic (exact) mass is 254 g/mol. The van der Waals surface area contributed by atoms with Crippen LogP contribution in [0.25, 0.3) is 0 Å². The van der Waals surface area contributed by atoms with Crippen LogP contribution >= 0.6 is 11.6 Å². The smallest absolute Gasteiger partial charge is 0.137 e. The van der Waals surface area contributed by atoms with E-state index in [9.17, 15) is 4.79 Å². The van der Waals surface area contributed by atoms with Gasteiger partial charge in [0.15, 0.2) is 0 Å². The van der Waals surface area contributed by atoms with Crippen molar-refractivity contribution in [1.29, 1.82) is 0 Å². The molecular formula is C14H19ClO2. The van der Waals surface area contributed by atoms with Crippen molar-refractivity contribution >= 4 is 17.4 Å². The van der Waals surface area contributed by atoms with Gasteiger partial charge in [-0.05, 0) is 31.0 Å². The Bertz CT molecular complexity index is 386. The maximum Gasteiger partial charge on any atom is 0.137 e. The minimum absolute atomic E-state index is 0.109. The molecule has 0 amide bonds. The van der Waals surface area contributed by atoms with Crippen molar-refractivity contribution < 1.29 is 9.53 Å². The van der Waals surface area contributed by atoms with Crippen molar-refractivity contribution in [1.82, 2.24) is 0 Å². The molecular weight excluding hydrogens is 236 g/mol. The first-order valence-electron chi connectivity index (χ1n) is 5.92. The lowest BCUT2D eigenvalue weighted by molar-refractivity contribution is -0.122. The van der Waals surface area contributed by atoms with Crippen LogP contribution < -0.4 is 4.74 Å². The molecule has 1 rings (SSSR count). The van der Waals surface area contributed by atoms with Crippen LogP contribution in [0.3, 0.4) is 0 Å². The summed E-state index contributed by atoms with van der Waals surface area (Å²) in [5.41, 5.74) is 1.11. The minimum Gasteiger partial charge on any atom is -0.492 e. The zero-order chi connectivity index (χ0) is 12.8. The molecule has 0 aliphatic heterocycles. The van der Waals surface area contributed by atoms with E-state index in [2.05, 4.69) is 0 Å². The van der Waals surface area contributed by atoms with E-state index in [0.717, 1.165) is 12.0 Å². The van der Waals surface area contributed by atoms with Gasteiger partial charge in [0.1, 0.15) is 11.5 Å². The Kier molecular flexibility index (Phi) is 5.49. The first-order chi connectivity index (χ1) is 8.00. The maximum atomic E-state index is 11.4. The normalized spacial score (nSPS) is 10.6. The van der Waals surface area contributed by atoms with E-state index in [1.54, 1.807) is 0 Å². The predicted octanol–water partition coefficient (Wildman–Crippen LogP) is 4.03. The van der Waals surface area contributed by atoms with Gasteiger partial charge in [-0.25, -0.2) is 0 Å². The van der Waals surface area contributed by atoms with Crippen LogP contribution in [0, 0.1) is 12.8 Å². The first-order valence-corrected chi connectivity index (χ1v) is 6.30. The summed E-state index contributed by atoms with van der Waals surface area (Å²) in [6.07, 6.45) is 1.31.